The van der Waals surface area contributed by atoms with Crippen LogP contribution in [0.1, 0.15) is 6.42 Å². The van der Waals surface area contributed by atoms with Gasteiger partial charge in [0.2, 0.25) is 0 Å². The summed E-state index contributed by atoms with van der Waals surface area (Å²) in [5.74, 6) is 0.0108. The maximum Gasteiger partial charge on any atom is 0.322 e. The Hall–Kier alpha value is -2.19. The highest BCUT2D eigenvalue weighted by atomic mass is 32.2. The van der Waals surface area contributed by atoms with Gasteiger partial charge in [-0.1, -0.05) is 18.2 Å². The van der Waals surface area contributed by atoms with Crippen molar-refractivity contribution in [3.05, 3.63) is 36.5 Å². The minimum Gasteiger partial charge on any atom is -0.395 e. The molecular weight excluding hydrogens is 330 g/mol. The van der Waals surface area contributed by atoms with E-state index in [9.17, 15) is 18.3 Å². The smallest absolute Gasteiger partial charge is 0.322 e. The lowest BCUT2D eigenvalue weighted by Gasteiger charge is -2.27. The summed E-state index contributed by atoms with van der Waals surface area (Å²) in [6.45, 7) is -0.137. The third-order valence-electron chi connectivity index (χ3n) is 4.13. The van der Waals surface area contributed by atoms with Crippen LogP contribution < -0.4 is 5.32 Å². The van der Waals surface area contributed by atoms with E-state index in [1.54, 1.807) is 12.3 Å². The highest BCUT2D eigenvalue weighted by Crippen LogP contribution is 2.23. The molecule has 1 atom stereocenters. The highest BCUT2D eigenvalue weighted by molar-refractivity contribution is 7.91. The van der Waals surface area contributed by atoms with Crippen LogP contribution in [0.3, 0.4) is 0 Å². The molecule has 1 aromatic carbocycles. The monoisotopic (exact) mass is 349 g/mol. The van der Waals surface area contributed by atoms with Gasteiger partial charge in [-0.2, -0.15) is 0 Å². The van der Waals surface area contributed by atoms with Crippen LogP contribution >= 0.6 is 0 Å². The second-order valence-electron chi connectivity index (χ2n) is 5.78. The van der Waals surface area contributed by atoms with Crippen molar-refractivity contribution in [2.75, 3.05) is 30.0 Å². The number of nitrogens with one attached hydrogen (secondary N) is 1. The van der Waals surface area contributed by atoms with E-state index < -0.39 is 21.9 Å². The summed E-state index contributed by atoms with van der Waals surface area (Å²) in [6, 6.07) is 8.33. The summed E-state index contributed by atoms with van der Waals surface area (Å²) < 4.78 is 23.3. The molecule has 8 heteroatoms. The first-order valence-corrected chi connectivity index (χ1v) is 9.55. The van der Waals surface area contributed by atoms with Crippen molar-refractivity contribution in [1.82, 2.24) is 9.88 Å². The second kappa shape index (κ2) is 6.74. The van der Waals surface area contributed by atoms with Gasteiger partial charge in [0.1, 0.15) is 0 Å². The number of para-hydroxylation sites is 1. The fourth-order valence-electron chi connectivity index (χ4n) is 2.97. The van der Waals surface area contributed by atoms with Crippen molar-refractivity contribution in [2.45, 2.75) is 12.5 Å². The molecule has 24 heavy (non-hydrogen) atoms. The van der Waals surface area contributed by atoms with Crippen molar-refractivity contribution in [1.29, 1.82) is 0 Å². The van der Waals surface area contributed by atoms with Gasteiger partial charge in [0.05, 0.1) is 29.3 Å². The number of urea groups is 1. The summed E-state index contributed by atoms with van der Waals surface area (Å²) >= 11 is 0. The minimum absolute atomic E-state index is 0.0613. The van der Waals surface area contributed by atoms with Gasteiger partial charge in [-0.25, -0.2) is 13.2 Å². The Balaban J connectivity index is 1.83. The van der Waals surface area contributed by atoms with E-state index in [-0.39, 0.29) is 24.7 Å². The van der Waals surface area contributed by atoms with Crippen LogP contribution in [-0.4, -0.2) is 60.1 Å². The number of hydrogen-bond acceptors (Lipinski definition) is 5. The Morgan fingerprint density at radius 3 is 2.83 bits per heavy atom. The predicted octanol–water partition coefficient (Wildman–Crippen LogP) is 1.25. The molecule has 2 amide bonds. The van der Waals surface area contributed by atoms with Gasteiger partial charge in [0.25, 0.3) is 0 Å². The number of hydrogen-bond donors (Lipinski definition) is 2. The van der Waals surface area contributed by atoms with E-state index in [0.29, 0.717) is 17.6 Å². The Kier molecular flexibility index (Phi) is 4.68. The number of aliphatic hydroxyl groups excluding tert-OH is 1. The van der Waals surface area contributed by atoms with E-state index in [0.717, 1.165) is 5.39 Å². The number of aromatic nitrogens is 1. The molecule has 1 fully saturated rings. The summed E-state index contributed by atoms with van der Waals surface area (Å²) in [5, 5.41) is 12.9. The van der Waals surface area contributed by atoms with Gasteiger partial charge in [0.15, 0.2) is 9.84 Å². The number of sulfone groups is 1. The molecule has 0 bridgehead atoms. The van der Waals surface area contributed by atoms with E-state index in [1.165, 1.54) is 4.90 Å². The van der Waals surface area contributed by atoms with Crippen molar-refractivity contribution < 1.29 is 18.3 Å². The van der Waals surface area contributed by atoms with E-state index >= 15 is 0 Å². The van der Waals surface area contributed by atoms with Crippen LogP contribution in [0.4, 0.5) is 10.5 Å². The summed E-state index contributed by atoms with van der Waals surface area (Å²) in [5.41, 5.74) is 1.22. The maximum absolute atomic E-state index is 12.6. The van der Waals surface area contributed by atoms with Gasteiger partial charge in [0, 0.05) is 24.2 Å². The average molecular weight is 349 g/mol. The molecule has 2 N–H and O–H groups in total. The molecule has 128 valence electrons. The number of pyridine rings is 1. The van der Waals surface area contributed by atoms with Crippen molar-refractivity contribution in [2.24, 2.45) is 0 Å². The molecule has 0 saturated carbocycles. The quantitative estimate of drug-likeness (QED) is 0.865. The normalized spacial score (nSPS) is 19.3. The lowest BCUT2D eigenvalue weighted by molar-refractivity contribution is 0.169. The number of amides is 2. The van der Waals surface area contributed by atoms with Crippen LogP contribution in [0, 0.1) is 0 Å². The topological polar surface area (TPSA) is 99.6 Å². The predicted molar refractivity (Wildman–Crippen MR) is 91.6 cm³/mol. The molecule has 1 saturated heterocycles. The second-order valence-corrected chi connectivity index (χ2v) is 8.01. The molecule has 1 aliphatic heterocycles. The number of rotatable bonds is 4. The fraction of sp³-hybridized carbons (Fsp3) is 0.375. The Morgan fingerprint density at radius 1 is 1.33 bits per heavy atom. The third-order valence-corrected chi connectivity index (χ3v) is 5.88. The molecule has 0 spiro atoms. The van der Waals surface area contributed by atoms with Crippen LogP contribution in [0.2, 0.25) is 0 Å². The molecule has 1 aliphatic rings. The van der Waals surface area contributed by atoms with Crippen molar-refractivity contribution in [3.8, 4) is 0 Å². The number of nitrogens with zero attached hydrogens (tertiary/aromatic N) is 2. The van der Waals surface area contributed by atoms with Crippen molar-refractivity contribution in [3.63, 3.8) is 0 Å². The number of benzene rings is 1. The number of aliphatic hydroxyl groups is 1. The summed E-state index contributed by atoms with van der Waals surface area (Å²) in [6.07, 6.45) is 2.04. The van der Waals surface area contributed by atoms with E-state index in [1.807, 2.05) is 24.3 Å². The molecule has 2 heterocycles. The zero-order chi connectivity index (χ0) is 17.2. The molecule has 0 radical (unpaired) electrons. The van der Waals surface area contributed by atoms with Crippen LogP contribution in [0.25, 0.3) is 10.9 Å². The lowest BCUT2D eigenvalue weighted by Crippen LogP contribution is -2.45. The number of anilines is 1. The Bertz CT molecular complexity index is 848. The Labute approximate surface area is 140 Å². The first-order valence-electron chi connectivity index (χ1n) is 7.73. The van der Waals surface area contributed by atoms with Gasteiger partial charge in [-0.3, -0.25) is 4.98 Å². The molecule has 0 aliphatic carbocycles. The molecule has 7 nitrogen and oxygen atoms in total. The van der Waals surface area contributed by atoms with Crippen molar-refractivity contribution >= 4 is 32.5 Å². The molecule has 1 unspecified atom stereocenters. The first kappa shape index (κ1) is 16.7. The molecule has 3 rings (SSSR count). The lowest BCUT2D eigenvalue weighted by atomic mass is 10.2. The average Bonchev–Trinajstić information content (AvgIpc) is 2.92. The van der Waals surface area contributed by atoms with Crippen LogP contribution in [0.5, 0.6) is 0 Å². The van der Waals surface area contributed by atoms with Gasteiger partial charge < -0.3 is 15.3 Å². The van der Waals surface area contributed by atoms with Gasteiger partial charge >= 0.3 is 6.03 Å². The van der Waals surface area contributed by atoms with E-state index in [2.05, 4.69) is 10.3 Å². The zero-order valence-electron chi connectivity index (χ0n) is 13.1. The Morgan fingerprint density at radius 2 is 2.12 bits per heavy atom. The van der Waals surface area contributed by atoms with E-state index in [4.69, 9.17) is 0 Å². The minimum atomic E-state index is -3.12. The SMILES string of the molecule is O=C(Nc1cccc2cccnc12)N(CCO)C1CCS(=O)(=O)C1. The number of carbonyl (C=O) groups excluding carboxylic acids is 1. The highest BCUT2D eigenvalue weighted by Gasteiger charge is 2.34. The number of fused-ring (bicyclic) bond motifs is 1. The molecular formula is C16H19N3O4S. The van der Waals surface area contributed by atoms with Crippen LogP contribution in [-0.2, 0) is 9.84 Å². The van der Waals surface area contributed by atoms with Gasteiger partial charge in [-0.15, -0.1) is 0 Å². The summed E-state index contributed by atoms with van der Waals surface area (Å²) in [7, 11) is -3.12. The number of carbonyl (C=O) groups is 1. The van der Waals surface area contributed by atoms with Crippen LogP contribution in [0.15, 0.2) is 36.5 Å². The third kappa shape index (κ3) is 3.49. The van der Waals surface area contributed by atoms with Gasteiger partial charge in [-0.05, 0) is 18.6 Å². The zero-order valence-corrected chi connectivity index (χ0v) is 13.9. The fourth-order valence-corrected chi connectivity index (χ4v) is 4.70. The largest absolute Gasteiger partial charge is 0.395 e. The first-order chi connectivity index (χ1) is 11.5. The maximum atomic E-state index is 12.6. The standard InChI is InChI=1S/C16H19N3O4S/c20-9-8-19(13-6-10-24(22,23)11-13)16(21)18-14-5-1-3-12-4-2-7-17-15(12)14/h1-5,7,13,20H,6,8-11H2,(H,18,21). The summed E-state index contributed by atoms with van der Waals surface area (Å²) in [4.78, 5) is 18.3. The molecule has 1 aromatic heterocycles. The molecule has 2 aromatic rings.